The number of aromatic nitrogens is 1. The summed E-state index contributed by atoms with van der Waals surface area (Å²) in [5.74, 6) is 0.0793. The fraction of sp³-hybridized carbons (Fsp3) is 0.217. The molecule has 0 aliphatic heterocycles. The van der Waals surface area contributed by atoms with E-state index in [0.717, 1.165) is 17.2 Å². The van der Waals surface area contributed by atoms with Gasteiger partial charge in [-0.25, -0.2) is 4.98 Å². The molecule has 2 N–H and O–H groups in total. The molecule has 0 bridgehead atoms. The minimum absolute atomic E-state index is 0.0793. The molecule has 0 radical (unpaired) electrons. The third-order valence-electron chi connectivity index (χ3n) is 5.45. The molecule has 6 heteroatoms. The minimum Gasteiger partial charge on any atom is -0.383 e. The Hall–Kier alpha value is -3.33. The minimum atomic E-state index is -4.42. The Bertz CT molecular complexity index is 1160. The quantitative estimate of drug-likeness (QED) is 0.575. The first-order valence-electron chi connectivity index (χ1n) is 9.13. The van der Waals surface area contributed by atoms with E-state index in [-0.39, 0.29) is 5.82 Å². The van der Waals surface area contributed by atoms with Crippen LogP contribution in [0.3, 0.4) is 0 Å². The standard InChI is InChI=1S/C23H18F3N3/c1-22(2)11-16-19(13-6-4-3-5-7-13)17(12-27)21(28)29-20(16)15-9-8-14(10-18(15)22)23(24,25)26/h3-10H,11H2,1-2H3,(H2,28,29). The largest absolute Gasteiger partial charge is 0.416 e. The first-order valence-corrected chi connectivity index (χ1v) is 9.13. The van der Waals surface area contributed by atoms with E-state index in [1.165, 1.54) is 12.1 Å². The molecule has 4 rings (SSSR count). The number of alkyl halides is 3. The second-order valence-electron chi connectivity index (χ2n) is 7.87. The van der Waals surface area contributed by atoms with Crippen LogP contribution in [0.25, 0.3) is 22.4 Å². The number of halogens is 3. The molecule has 0 spiro atoms. The summed E-state index contributed by atoms with van der Waals surface area (Å²) in [5.41, 5.74) is 9.26. The molecule has 29 heavy (non-hydrogen) atoms. The zero-order chi connectivity index (χ0) is 21.0. The van der Waals surface area contributed by atoms with Crippen LogP contribution in [0.15, 0.2) is 48.5 Å². The zero-order valence-electron chi connectivity index (χ0n) is 15.9. The van der Waals surface area contributed by atoms with Gasteiger partial charge in [0.15, 0.2) is 0 Å². The lowest BCUT2D eigenvalue weighted by atomic mass is 9.69. The number of fused-ring (bicyclic) bond motifs is 3. The van der Waals surface area contributed by atoms with Gasteiger partial charge in [0.05, 0.1) is 11.3 Å². The van der Waals surface area contributed by atoms with Gasteiger partial charge in [-0.2, -0.15) is 18.4 Å². The van der Waals surface area contributed by atoms with Crippen molar-refractivity contribution >= 4 is 5.82 Å². The average Bonchev–Trinajstić information content (AvgIpc) is 2.67. The maximum atomic E-state index is 13.3. The van der Waals surface area contributed by atoms with E-state index in [0.29, 0.717) is 34.4 Å². The SMILES string of the molecule is CC1(C)Cc2c(nc(N)c(C#N)c2-c2ccccc2)-c2ccc(C(F)(F)F)cc21. The van der Waals surface area contributed by atoms with E-state index >= 15 is 0 Å². The third kappa shape index (κ3) is 3.03. The van der Waals surface area contributed by atoms with Gasteiger partial charge in [-0.1, -0.05) is 50.2 Å². The van der Waals surface area contributed by atoms with Gasteiger partial charge < -0.3 is 5.73 Å². The molecule has 1 aliphatic rings. The first-order chi connectivity index (χ1) is 13.6. The van der Waals surface area contributed by atoms with Gasteiger partial charge in [-0.3, -0.25) is 0 Å². The Labute approximate surface area is 166 Å². The molecule has 2 aromatic carbocycles. The van der Waals surface area contributed by atoms with Crippen LogP contribution >= 0.6 is 0 Å². The lowest BCUT2D eigenvalue weighted by Gasteiger charge is -2.35. The van der Waals surface area contributed by atoms with Crippen LogP contribution < -0.4 is 5.73 Å². The fourth-order valence-corrected chi connectivity index (χ4v) is 4.10. The van der Waals surface area contributed by atoms with Gasteiger partial charge in [-0.05, 0) is 40.7 Å². The summed E-state index contributed by atoms with van der Waals surface area (Å²) in [5, 5.41) is 9.72. The van der Waals surface area contributed by atoms with Crippen molar-refractivity contribution in [1.82, 2.24) is 4.98 Å². The molecule has 3 aromatic rings. The monoisotopic (exact) mass is 393 g/mol. The molecule has 0 saturated carbocycles. The van der Waals surface area contributed by atoms with Crippen molar-refractivity contribution < 1.29 is 13.2 Å². The molecule has 0 atom stereocenters. The van der Waals surface area contributed by atoms with Crippen molar-refractivity contribution in [2.24, 2.45) is 0 Å². The predicted octanol–water partition coefficient (Wildman–Crippen LogP) is 5.72. The lowest BCUT2D eigenvalue weighted by molar-refractivity contribution is -0.137. The van der Waals surface area contributed by atoms with E-state index < -0.39 is 17.2 Å². The van der Waals surface area contributed by atoms with Crippen molar-refractivity contribution in [3.8, 4) is 28.5 Å². The summed E-state index contributed by atoms with van der Waals surface area (Å²) >= 11 is 0. The highest BCUT2D eigenvalue weighted by Gasteiger charge is 2.38. The number of rotatable bonds is 1. The highest BCUT2D eigenvalue weighted by molar-refractivity contribution is 5.87. The Balaban J connectivity index is 2.07. The van der Waals surface area contributed by atoms with Crippen LogP contribution in [0.1, 0.15) is 36.1 Å². The lowest BCUT2D eigenvalue weighted by Crippen LogP contribution is -2.28. The topological polar surface area (TPSA) is 62.7 Å². The number of benzene rings is 2. The second-order valence-corrected chi connectivity index (χ2v) is 7.87. The van der Waals surface area contributed by atoms with E-state index in [4.69, 9.17) is 5.73 Å². The molecule has 146 valence electrons. The Morgan fingerprint density at radius 1 is 1.10 bits per heavy atom. The highest BCUT2D eigenvalue weighted by Crippen LogP contribution is 2.48. The second kappa shape index (κ2) is 6.35. The molecular weight excluding hydrogens is 375 g/mol. The Kier molecular flexibility index (Phi) is 4.16. The van der Waals surface area contributed by atoms with Crippen LogP contribution in [-0.2, 0) is 18.0 Å². The highest BCUT2D eigenvalue weighted by atomic mass is 19.4. The van der Waals surface area contributed by atoms with Gasteiger partial charge in [-0.15, -0.1) is 0 Å². The smallest absolute Gasteiger partial charge is 0.383 e. The molecule has 1 aliphatic carbocycles. The summed E-state index contributed by atoms with van der Waals surface area (Å²) < 4.78 is 39.8. The molecule has 1 heterocycles. The summed E-state index contributed by atoms with van der Waals surface area (Å²) in [7, 11) is 0. The van der Waals surface area contributed by atoms with Crippen LogP contribution in [0.4, 0.5) is 19.0 Å². The van der Waals surface area contributed by atoms with E-state index in [1.807, 2.05) is 44.2 Å². The summed E-state index contributed by atoms with van der Waals surface area (Å²) in [4.78, 5) is 4.44. The molecule has 0 unspecified atom stereocenters. The number of hydrogen-bond acceptors (Lipinski definition) is 3. The molecule has 0 fully saturated rings. The predicted molar refractivity (Wildman–Crippen MR) is 106 cm³/mol. The average molecular weight is 393 g/mol. The van der Waals surface area contributed by atoms with Crippen LogP contribution in [0.2, 0.25) is 0 Å². The van der Waals surface area contributed by atoms with E-state index in [2.05, 4.69) is 11.1 Å². The van der Waals surface area contributed by atoms with Gasteiger partial charge in [0.1, 0.15) is 17.5 Å². The van der Waals surface area contributed by atoms with Crippen LogP contribution in [0, 0.1) is 11.3 Å². The van der Waals surface area contributed by atoms with Crippen molar-refractivity contribution in [3.05, 3.63) is 70.8 Å². The first kappa shape index (κ1) is 19.0. The van der Waals surface area contributed by atoms with Crippen molar-refractivity contribution in [1.29, 1.82) is 5.26 Å². The summed E-state index contributed by atoms with van der Waals surface area (Å²) in [6.45, 7) is 3.82. The van der Waals surface area contributed by atoms with Crippen molar-refractivity contribution in [2.75, 3.05) is 5.73 Å². The molecule has 3 nitrogen and oxygen atoms in total. The van der Waals surface area contributed by atoms with Crippen molar-refractivity contribution in [2.45, 2.75) is 31.9 Å². The third-order valence-corrected chi connectivity index (χ3v) is 5.45. The zero-order valence-corrected chi connectivity index (χ0v) is 15.9. The maximum absolute atomic E-state index is 13.3. The molecular formula is C23H18F3N3. The Morgan fingerprint density at radius 2 is 1.79 bits per heavy atom. The van der Waals surface area contributed by atoms with Crippen molar-refractivity contribution in [3.63, 3.8) is 0 Å². The van der Waals surface area contributed by atoms with Gasteiger partial charge in [0.2, 0.25) is 0 Å². The number of hydrogen-bond donors (Lipinski definition) is 1. The van der Waals surface area contributed by atoms with Crippen LogP contribution in [0.5, 0.6) is 0 Å². The number of nitriles is 1. The summed E-state index contributed by atoms with van der Waals surface area (Å²) in [6, 6.07) is 15.3. The van der Waals surface area contributed by atoms with E-state index in [9.17, 15) is 18.4 Å². The Morgan fingerprint density at radius 3 is 2.41 bits per heavy atom. The number of nitrogens with two attached hydrogens (primary N) is 1. The fourth-order valence-electron chi connectivity index (χ4n) is 4.10. The number of anilines is 1. The normalized spacial score (nSPS) is 14.6. The molecule has 0 saturated heterocycles. The van der Waals surface area contributed by atoms with Gasteiger partial charge in [0, 0.05) is 11.1 Å². The van der Waals surface area contributed by atoms with Crippen LogP contribution in [-0.4, -0.2) is 4.98 Å². The van der Waals surface area contributed by atoms with E-state index in [1.54, 1.807) is 0 Å². The molecule has 1 aromatic heterocycles. The number of nitrogens with zero attached hydrogens (tertiary/aromatic N) is 2. The maximum Gasteiger partial charge on any atom is 0.416 e. The van der Waals surface area contributed by atoms with Gasteiger partial charge >= 0.3 is 6.18 Å². The number of pyridine rings is 1. The van der Waals surface area contributed by atoms with Gasteiger partial charge in [0.25, 0.3) is 0 Å². The number of nitrogen functional groups attached to an aromatic ring is 1. The molecule has 0 amide bonds. The summed E-state index contributed by atoms with van der Waals surface area (Å²) in [6.07, 6.45) is -3.97.